The first-order valence-corrected chi connectivity index (χ1v) is 8.04. The molecule has 2 aromatic carbocycles. The number of nitrogens with zero attached hydrogens (tertiary/aromatic N) is 2. The van der Waals surface area contributed by atoms with Crippen LogP contribution in [0.4, 0.5) is 19.0 Å². The van der Waals surface area contributed by atoms with Gasteiger partial charge in [0.1, 0.15) is 5.69 Å². The largest absolute Gasteiger partial charge is 0.416 e. The topological polar surface area (TPSA) is 58.0 Å². The average molecular weight is 361 g/mol. The van der Waals surface area contributed by atoms with Crippen LogP contribution in [0.1, 0.15) is 19.4 Å². The highest BCUT2D eigenvalue weighted by Gasteiger charge is 2.30. The molecule has 0 fully saturated rings. The predicted octanol–water partition coefficient (Wildman–Crippen LogP) is 4.50. The molecule has 0 bridgehead atoms. The lowest BCUT2D eigenvalue weighted by Crippen LogP contribution is -2.29. The highest BCUT2D eigenvalue weighted by Crippen LogP contribution is 2.33. The molecule has 0 spiro atoms. The van der Waals surface area contributed by atoms with Gasteiger partial charge in [-0.2, -0.15) is 13.2 Å². The maximum absolute atomic E-state index is 12.8. The Balaban J connectivity index is 2.03. The summed E-state index contributed by atoms with van der Waals surface area (Å²) >= 11 is 0. The Morgan fingerprint density at radius 3 is 2.12 bits per heavy atom. The Morgan fingerprint density at radius 2 is 1.54 bits per heavy atom. The SMILES string of the molecule is CC(C)(O)CNc1nnc(-c2ccc(C(F)(F)F)cc2)c2ccccc12. The van der Waals surface area contributed by atoms with E-state index < -0.39 is 17.3 Å². The predicted molar refractivity (Wildman–Crippen MR) is 94.8 cm³/mol. The van der Waals surface area contributed by atoms with Crippen molar-refractivity contribution in [2.45, 2.75) is 25.6 Å². The summed E-state index contributed by atoms with van der Waals surface area (Å²) in [5, 5.41) is 22.8. The first-order valence-electron chi connectivity index (χ1n) is 8.04. The number of nitrogens with one attached hydrogen (secondary N) is 1. The molecule has 0 amide bonds. The number of hydrogen-bond donors (Lipinski definition) is 2. The monoisotopic (exact) mass is 361 g/mol. The normalized spacial score (nSPS) is 12.4. The fraction of sp³-hybridized carbons (Fsp3) is 0.263. The van der Waals surface area contributed by atoms with E-state index in [1.807, 2.05) is 24.3 Å². The maximum Gasteiger partial charge on any atom is 0.416 e. The fourth-order valence-corrected chi connectivity index (χ4v) is 2.56. The molecule has 0 radical (unpaired) electrons. The standard InChI is InChI=1S/C19H18F3N3O/c1-18(2,26)11-23-17-15-6-4-3-5-14(15)16(24-25-17)12-7-9-13(10-8-12)19(20,21)22/h3-10,26H,11H2,1-2H3,(H,23,25). The Hall–Kier alpha value is -2.67. The van der Waals surface area contributed by atoms with Crippen LogP contribution in [0.3, 0.4) is 0 Å². The summed E-state index contributed by atoms with van der Waals surface area (Å²) in [5.74, 6) is 0.512. The molecule has 0 aliphatic carbocycles. The summed E-state index contributed by atoms with van der Waals surface area (Å²) in [6.07, 6.45) is -4.38. The quantitative estimate of drug-likeness (QED) is 0.718. The second-order valence-corrected chi connectivity index (χ2v) is 6.68. The summed E-state index contributed by atoms with van der Waals surface area (Å²) in [7, 11) is 0. The van der Waals surface area contributed by atoms with Crippen molar-refractivity contribution in [3.63, 3.8) is 0 Å². The fourth-order valence-electron chi connectivity index (χ4n) is 2.56. The van der Waals surface area contributed by atoms with Gasteiger partial charge in [0.25, 0.3) is 0 Å². The van der Waals surface area contributed by atoms with E-state index in [1.165, 1.54) is 12.1 Å². The Bertz CT molecular complexity index is 916. The Labute approximate surface area is 148 Å². The first-order chi connectivity index (χ1) is 12.1. The van der Waals surface area contributed by atoms with Crippen molar-refractivity contribution < 1.29 is 18.3 Å². The van der Waals surface area contributed by atoms with Crippen LogP contribution in [0.2, 0.25) is 0 Å². The molecule has 0 aliphatic heterocycles. The van der Waals surface area contributed by atoms with E-state index in [1.54, 1.807) is 13.8 Å². The molecule has 2 N–H and O–H groups in total. The minimum Gasteiger partial charge on any atom is -0.389 e. The summed E-state index contributed by atoms with van der Waals surface area (Å²) in [5.41, 5.74) is -0.574. The molecule has 0 saturated heterocycles. The van der Waals surface area contributed by atoms with E-state index in [9.17, 15) is 18.3 Å². The minimum atomic E-state index is -4.38. The number of aromatic nitrogens is 2. The number of fused-ring (bicyclic) bond motifs is 1. The van der Waals surface area contributed by atoms with Crippen LogP contribution in [0.5, 0.6) is 0 Å². The Kier molecular flexibility index (Phi) is 4.58. The van der Waals surface area contributed by atoms with Crippen LogP contribution in [0.15, 0.2) is 48.5 Å². The second-order valence-electron chi connectivity index (χ2n) is 6.68. The molecule has 4 nitrogen and oxygen atoms in total. The van der Waals surface area contributed by atoms with Gasteiger partial charge >= 0.3 is 6.18 Å². The van der Waals surface area contributed by atoms with Gasteiger partial charge in [-0.25, -0.2) is 0 Å². The van der Waals surface area contributed by atoms with Gasteiger partial charge in [-0.15, -0.1) is 10.2 Å². The second kappa shape index (κ2) is 6.57. The van der Waals surface area contributed by atoms with E-state index in [0.29, 0.717) is 17.1 Å². The summed E-state index contributed by atoms with van der Waals surface area (Å²) < 4.78 is 38.3. The molecule has 0 atom stereocenters. The van der Waals surface area contributed by atoms with Gasteiger partial charge < -0.3 is 10.4 Å². The molecule has 26 heavy (non-hydrogen) atoms. The van der Waals surface area contributed by atoms with Crippen LogP contribution in [0, 0.1) is 0 Å². The smallest absolute Gasteiger partial charge is 0.389 e. The number of rotatable bonds is 4. The molecule has 0 saturated carbocycles. The van der Waals surface area contributed by atoms with E-state index >= 15 is 0 Å². The third-order valence-corrected chi connectivity index (χ3v) is 3.86. The molecule has 1 heterocycles. The van der Waals surface area contributed by atoms with Crippen molar-refractivity contribution in [2.75, 3.05) is 11.9 Å². The molecule has 3 rings (SSSR count). The van der Waals surface area contributed by atoms with Gasteiger partial charge in [0.15, 0.2) is 5.82 Å². The minimum absolute atomic E-state index is 0.283. The average Bonchev–Trinajstić information content (AvgIpc) is 2.58. The van der Waals surface area contributed by atoms with Crippen molar-refractivity contribution in [1.29, 1.82) is 0 Å². The zero-order valence-electron chi connectivity index (χ0n) is 14.3. The van der Waals surface area contributed by atoms with Crippen LogP contribution < -0.4 is 5.32 Å². The van der Waals surface area contributed by atoms with E-state index in [2.05, 4.69) is 15.5 Å². The molecular formula is C19H18F3N3O. The third-order valence-electron chi connectivity index (χ3n) is 3.86. The lowest BCUT2D eigenvalue weighted by molar-refractivity contribution is -0.137. The number of aliphatic hydroxyl groups is 1. The Morgan fingerprint density at radius 1 is 0.923 bits per heavy atom. The van der Waals surface area contributed by atoms with Crippen LogP contribution in [-0.2, 0) is 6.18 Å². The zero-order valence-corrected chi connectivity index (χ0v) is 14.3. The molecule has 0 unspecified atom stereocenters. The van der Waals surface area contributed by atoms with E-state index in [4.69, 9.17) is 0 Å². The van der Waals surface area contributed by atoms with Crippen molar-refractivity contribution in [3.8, 4) is 11.3 Å². The van der Waals surface area contributed by atoms with Crippen molar-refractivity contribution in [3.05, 3.63) is 54.1 Å². The van der Waals surface area contributed by atoms with Crippen molar-refractivity contribution in [2.24, 2.45) is 0 Å². The molecule has 1 aromatic heterocycles. The van der Waals surface area contributed by atoms with E-state index in [0.717, 1.165) is 22.9 Å². The van der Waals surface area contributed by atoms with Gasteiger partial charge in [-0.05, 0) is 26.0 Å². The van der Waals surface area contributed by atoms with Gasteiger partial charge in [0.2, 0.25) is 0 Å². The number of anilines is 1. The third kappa shape index (κ3) is 3.94. The zero-order chi connectivity index (χ0) is 18.9. The number of alkyl halides is 3. The molecule has 136 valence electrons. The summed E-state index contributed by atoms with van der Waals surface area (Å²) in [4.78, 5) is 0. The lowest BCUT2D eigenvalue weighted by Gasteiger charge is -2.19. The van der Waals surface area contributed by atoms with Gasteiger partial charge in [0, 0.05) is 22.9 Å². The summed E-state index contributed by atoms with van der Waals surface area (Å²) in [6.45, 7) is 3.63. The number of hydrogen-bond acceptors (Lipinski definition) is 4. The van der Waals surface area contributed by atoms with Crippen molar-refractivity contribution in [1.82, 2.24) is 10.2 Å². The van der Waals surface area contributed by atoms with Gasteiger partial charge in [-0.3, -0.25) is 0 Å². The maximum atomic E-state index is 12.8. The highest BCUT2D eigenvalue weighted by molar-refractivity contribution is 6.00. The number of benzene rings is 2. The number of halogens is 3. The van der Waals surface area contributed by atoms with Crippen LogP contribution in [-0.4, -0.2) is 27.4 Å². The van der Waals surface area contributed by atoms with Gasteiger partial charge in [-0.1, -0.05) is 36.4 Å². The molecule has 7 heteroatoms. The van der Waals surface area contributed by atoms with E-state index in [-0.39, 0.29) is 6.54 Å². The van der Waals surface area contributed by atoms with Crippen LogP contribution in [0.25, 0.3) is 22.0 Å². The van der Waals surface area contributed by atoms with Crippen LogP contribution >= 0.6 is 0 Å². The first kappa shape index (κ1) is 18.1. The van der Waals surface area contributed by atoms with Gasteiger partial charge in [0.05, 0.1) is 11.2 Å². The summed E-state index contributed by atoms with van der Waals surface area (Å²) in [6, 6.07) is 12.2. The molecular weight excluding hydrogens is 343 g/mol. The molecule has 0 aliphatic rings. The lowest BCUT2D eigenvalue weighted by atomic mass is 10.0. The van der Waals surface area contributed by atoms with Crippen molar-refractivity contribution >= 4 is 16.6 Å². The molecule has 3 aromatic rings. The highest BCUT2D eigenvalue weighted by atomic mass is 19.4.